The lowest BCUT2D eigenvalue weighted by Gasteiger charge is -2.26. The van der Waals surface area contributed by atoms with Gasteiger partial charge in [0.05, 0.1) is 12.2 Å². The third-order valence-electron chi connectivity index (χ3n) is 1.20. The maximum Gasteiger partial charge on any atom is 0.0800 e. The van der Waals surface area contributed by atoms with E-state index in [4.69, 9.17) is 10.2 Å². The predicted octanol–water partition coefficient (Wildman–Crippen LogP) is -0.498. The number of hydrogen-bond donors (Lipinski definition) is 2. The average molecular weight is 88.1 g/mol. The van der Waals surface area contributed by atoms with E-state index in [0.29, 0.717) is 0 Å². The summed E-state index contributed by atoms with van der Waals surface area (Å²) in [7, 11) is 0. The molecule has 1 fully saturated rings. The molecule has 0 aromatic heterocycles. The van der Waals surface area contributed by atoms with Gasteiger partial charge >= 0.3 is 0 Å². The highest BCUT2D eigenvalue weighted by Gasteiger charge is 2.25. The Hall–Kier alpha value is -0.0800. The Morgan fingerprint density at radius 1 is 1.00 bits per heavy atom. The van der Waals surface area contributed by atoms with Crippen LogP contribution in [-0.2, 0) is 0 Å². The van der Waals surface area contributed by atoms with Crippen molar-refractivity contribution in [2.45, 2.75) is 25.0 Å². The molecule has 2 atom stereocenters. The number of rotatable bonds is 0. The maximum atomic E-state index is 8.47. The van der Waals surface area contributed by atoms with E-state index in [1.165, 1.54) is 0 Å². The molecule has 0 aliphatic heterocycles. The van der Waals surface area contributed by atoms with Crippen LogP contribution in [0.5, 0.6) is 0 Å². The van der Waals surface area contributed by atoms with Gasteiger partial charge in [0.25, 0.3) is 0 Å². The number of aliphatic hydroxyl groups is 2. The lowest BCUT2D eigenvalue weighted by Crippen LogP contribution is -2.35. The Kier molecular flexibility index (Phi) is 0.821. The molecule has 0 aromatic rings. The van der Waals surface area contributed by atoms with Crippen LogP contribution in [0.3, 0.4) is 0 Å². The summed E-state index contributed by atoms with van der Waals surface area (Å²) < 4.78 is 0. The minimum atomic E-state index is -0.412. The van der Waals surface area contributed by atoms with Gasteiger partial charge in [-0.3, -0.25) is 0 Å². The quantitative estimate of drug-likeness (QED) is 0.419. The van der Waals surface area contributed by atoms with Crippen LogP contribution >= 0.6 is 0 Å². The summed E-state index contributed by atoms with van der Waals surface area (Å²) >= 11 is 0. The van der Waals surface area contributed by atoms with E-state index in [1.54, 1.807) is 0 Å². The third-order valence-corrected chi connectivity index (χ3v) is 1.20. The Bertz CT molecular complexity index is 45.5. The van der Waals surface area contributed by atoms with Crippen LogP contribution in [0.4, 0.5) is 0 Å². The maximum absolute atomic E-state index is 8.47. The minimum absolute atomic E-state index is 0.412. The highest BCUT2D eigenvalue weighted by molar-refractivity contribution is 4.77. The van der Waals surface area contributed by atoms with E-state index >= 15 is 0 Å². The molecule has 1 aliphatic carbocycles. The lowest BCUT2D eigenvalue weighted by molar-refractivity contribution is -0.0519. The molecule has 36 valence electrons. The van der Waals surface area contributed by atoms with Crippen molar-refractivity contribution in [1.82, 2.24) is 0 Å². The fraction of sp³-hybridized carbons (Fsp3) is 1.00. The molecule has 0 bridgehead atoms. The molecule has 2 nitrogen and oxygen atoms in total. The summed E-state index contributed by atoms with van der Waals surface area (Å²) in [5.41, 5.74) is 0. The molecule has 0 amide bonds. The molecule has 0 radical (unpaired) electrons. The van der Waals surface area contributed by atoms with Crippen LogP contribution in [0, 0.1) is 0 Å². The fourth-order valence-electron chi connectivity index (χ4n) is 0.465. The molecule has 2 N–H and O–H groups in total. The summed E-state index contributed by atoms with van der Waals surface area (Å²) in [6.07, 6.45) is 0.734. The molecule has 2 heteroatoms. The van der Waals surface area contributed by atoms with Crippen molar-refractivity contribution in [3.05, 3.63) is 0 Å². The molecule has 1 saturated carbocycles. The van der Waals surface area contributed by atoms with Crippen LogP contribution in [0.25, 0.3) is 0 Å². The highest BCUT2D eigenvalue weighted by Crippen LogP contribution is 2.18. The topological polar surface area (TPSA) is 40.5 Å². The summed E-state index contributed by atoms with van der Waals surface area (Å²) in [4.78, 5) is 0. The van der Waals surface area contributed by atoms with Crippen molar-refractivity contribution in [3.8, 4) is 0 Å². The highest BCUT2D eigenvalue weighted by atomic mass is 16.3. The Labute approximate surface area is 36.4 Å². The van der Waals surface area contributed by atoms with Crippen molar-refractivity contribution < 1.29 is 10.2 Å². The van der Waals surface area contributed by atoms with Gasteiger partial charge in [0.1, 0.15) is 0 Å². The van der Waals surface area contributed by atoms with Crippen LogP contribution in [-0.4, -0.2) is 22.4 Å². The van der Waals surface area contributed by atoms with Gasteiger partial charge in [0.2, 0.25) is 0 Å². The van der Waals surface area contributed by atoms with Gasteiger partial charge in [-0.25, -0.2) is 0 Å². The lowest BCUT2D eigenvalue weighted by atomic mass is 9.93. The zero-order valence-electron chi connectivity index (χ0n) is 3.46. The Morgan fingerprint density at radius 2 is 1.33 bits per heavy atom. The first-order valence-electron chi connectivity index (χ1n) is 2.17. The van der Waals surface area contributed by atoms with Crippen LogP contribution in [0.15, 0.2) is 0 Å². The van der Waals surface area contributed by atoms with Gasteiger partial charge in [-0.15, -0.1) is 0 Å². The molecule has 2 unspecified atom stereocenters. The van der Waals surface area contributed by atoms with Crippen molar-refractivity contribution in [3.63, 3.8) is 0 Å². The standard InChI is InChI=1S/C4H8O2/c5-3-1-2-4(3)6/h3-6H,1-2H2. The average Bonchev–Trinajstić information content (AvgIpc) is 1.61. The van der Waals surface area contributed by atoms with Crippen molar-refractivity contribution >= 4 is 0 Å². The van der Waals surface area contributed by atoms with Gasteiger partial charge in [-0.05, 0) is 12.8 Å². The van der Waals surface area contributed by atoms with E-state index in [9.17, 15) is 0 Å². The normalized spacial score (nSPS) is 45.0. The van der Waals surface area contributed by atoms with E-state index < -0.39 is 12.2 Å². The van der Waals surface area contributed by atoms with Gasteiger partial charge in [-0.2, -0.15) is 0 Å². The van der Waals surface area contributed by atoms with Crippen LogP contribution < -0.4 is 0 Å². The number of aliphatic hydroxyl groups excluding tert-OH is 2. The fourth-order valence-corrected chi connectivity index (χ4v) is 0.465. The molecule has 1 rings (SSSR count). The molecule has 0 heterocycles. The zero-order chi connectivity index (χ0) is 4.57. The summed E-state index contributed by atoms with van der Waals surface area (Å²) in [6, 6.07) is 0. The molecule has 0 aromatic carbocycles. The second-order valence-electron chi connectivity index (χ2n) is 1.71. The first kappa shape index (κ1) is 4.09. The molecule has 1 aliphatic rings. The van der Waals surface area contributed by atoms with E-state index in [1.807, 2.05) is 0 Å². The van der Waals surface area contributed by atoms with Crippen molar-refractivity contribution in [2.75, 3.05) is 0 Å². The van der Waals surface area contributed by atoms with E-state index in [2.05, 4.69) is 0 Å². The van der Waals surface area contributed by atoms with Gasteiger partial charge in [0, 0.05) is 0 Å². The molecule has 6 heavy (non-hydrogen) atoms. The van der Waals surface area contributed by atoms with Gasteiger partial charge in [0.15, 0.2) is 0 Å². The Balaban J connectivity index is 2.20. The second-order valence-corrected chi connectivity index (χ2v) is 1.71. The molecular formula is C4H8O2. The monoisotopic (exact) mass is 88.1 g/mol. The molecule has 0 saturated heterocycles. The van der Waals surface area contributed by atoms with Gasteiger partial charge < -0.3 is 10.2 Å². The SMILES string of the molecule is OC1CCC1O. The molecule has 0 spiro atoms. The Morgan fingerprint density at radius 3 is 1.33 bits per heavy atom. The third kappa shape index (κ3) is 0.420. The van der Waals surface area contributed by atoms with E-state index in [0.717, 1.165) is 12.8 Å². The predicted molar refractivity (Wildman–Crippen MR) is 21.2 cm³/mol. The van der Waals surface area contributed by atoms with Gasteiger partial charge in [-0.1, -0.05) is 0 Å². The van der Waals surface area contributed by atoms with Crippen LogP contribution in [0.1, 0.15) is 12.8 Å². The minimum Gasteiger partial charge on any atom is -0.390 e. The second kappa shape index (κ2) is 1.21. The van der Waals surface area contributed by atoms with Crippen LogP contribution in [0.2, 0.25) is 0 Å². The summed E-state index contributed by atoms with van der Waals surface area (Å²) in [6.45, 7) is 0. The summed E-state index contributed by atoms with van der Waals surface area (Å²) in [5, 5.41) is 16.9. The zero-order valence-corrected chi connectivity index (χ0v) is 3.46. The summed E-state index contributed by atoms with van der Waals surface area (Å²) in [5.74, 6) is 0. The van der Waals surface area contributed by atoms with Crippen molar-refractivity contribution in [2.24, 2.45) is 0 Å². The number of hydrogen-bond acceptors (Lipinski definition) is 2. The van der Waals surface area contributed by atoms with E-state index in [-0.39, 0.29) is 0 Å². The van der Waals surface area contributed by atoms with Crippen molar-refractivity contribution in [1.29, 1.82) is 0 Å². The smallest absolute Gasteiger partial charge is 0.0800 e. The first-order valence-corrected chi connectivity index (χ1v) is 2.17. The molecular weight excluding hydrogens is 80.0 g/mol. The first-order chi connectivity index (χ1) is 2.80. The largest absolute Gasteiger partial charge is 0.390 e.